The van der Waals surface area contributed by atoms with Gasteiger partial charge in [0, 0.05) is 29.0 Å². The number of anilines is 2. The minimum absolute atomic E-state index is 0.0227. The van der Waals surface area contributed by atoms with Crippen LogP contribution in [-0.2, 0) is 6.42 Å². The Hall–Kier alpha value is -3.13. The van der Waals surface area contributed by atoms with E-state index in [2.05, 4.69) is 51.6 Å². The molecule has 0 amide bonds. The highest BCUT2D eigenvalue weighted by Crippen LogP contribution is 2.40. The van der Waals surface area contributed by atoms with Gasteiger partial charge < -0.3 is 10.2 Å². The Morgan fingerprint density at radius 1 is 1.17 bits per heavy atom. The molecule has 1 aliphatic carbocycles. The Kier molecular flexibility index (Phi) is 4.58. The minimum atomic E-state index is 0.0227. The first-order valence-electron chi connectivity index (χ1n) is 10.9. The van der Waals surface area contributed by atoms with E-state index in [0.717, 1.165) is 46.6 Å². The van der Waals surface area contributed by atoms with Crippen LogP contribution in [0.4, 0.5) is 11.5 Å². The normalized spacial score (nSPS) is 16.8. The van der Waals surface area contributed by atoms with Gasteiger partial charge in [0.05, 0.1) is 23.4 Å². The maximum atomic E-state index is 9.37. The summed E-state index contributed by atoms with van der Waals surface area (Å²) in [6.45, 7) is 7.28. The predicted octanol–water partition coefficient (Wildman–Crippen LogP) is 5.21. The van der Waals surface area contributed by atoms with Gasteiger partial charge in [0.2, 0.25) is 0 Å². The van der Waals surface area contributed by atoms with Crippen molar-refractivity contribution >= 4 is 22.3 Å². The SMILES string of the molecule is Cc1c(C#N)cccc1[C@@H](C)Nc1nnc(C)c2cc3c(cc12)N(C1CCC1)CC3. The number of nitrogens with one attached hydrogen (secondary N) is 1. The van der Waals surface area contributed by atoms with Crippen molar-refractivity contribution in [2.75, 3.05) is 16.8 Å². The number of benzene rings is 2. The van der Waals surface area contributed by atoms with Crippen molar-refractivity contribution in [3.63, 3.8) is 0 Å². The lowest BCUT2D eigenvalue weighted by molar-refractivity contribution is 0.392. The highest BCUT2D eigenvalue weighted by molar-refractivity contribution is 5.97. The first-order chi connectivity index (χ1) is 14.6. The second kappa shape index (κ2) is 7.28. The molecule has 5 rings (SSSR count). The standard InChI is InChI=1S/C25H27N5/c1-15-19(14-26)6-4-9-21(15)16(2)27-25-23-13-24-18(12-22(23)17(3)28-29-25)10-11-30(24)20-7-5-8-20/h4,6,9,12-13,16,20H,5,7-8,10-11H2,1-3H3,(H,27,29)/t16-/m1/s1. The summed E-state index contributed by atoms with van der Waals surface area (Å²) in [5.41, 5.74) is 6.62. The van der Waals surface area contributed by atoms with Gasteiger partial charge >= 0.3 is 0 Å². The quantitative estimate of drug-likeness (QED) is 0.655. The van der Waals surface area contributed by atoms with E-state index in [4.69, 9.17) is 0 Å². The summed E-state index contributed by atoms with van der Waals surface area (Å²) in [6.07, 6.45) is 5.08. The number of rotatable bonds is 4. The first kappa shape index (κ1) is 18.9. The van der Waals surface area contributed by atoms with Gasteiger partial charge in [-0.05, 0) is 81.3 Å². The molecular formula is C25H27N5. The average Bonchev–Trinajstić information content (AvgIpc) is 3.10. The third kappa shape index (κ3) is 2.99. The molecule has 5 heteroatoms. The van der Waals surface area contributed by atoms with Crippen LogP contribution in [0.5, 0.6) is 0 Å². The molecule has 1 fully saturated rings. The largest absolute Gasteiger partial charge is 0.368 e. The fourth-order valence-electron chi connectivity index (χ4n) is 4.90. The summed E-state index contributed by atoms with van der Waals surface area (Å²) < 4.78 is 0. The van der Waals surface area contributed by atoms with Gasteiger partial charge in [0.1, 0.15) is 0 Å². The third-order valence-electron chi connectivity index (χ3n) is 6.93. The van der Waals surface area contributed by atoms with Crippen LogP contribution in [0.15, 0.2) is 30.3 Å². The Morgan fingerprint density at radius 2 is 2.00 bits per heavy atom. The molecule has 1 aromatic heterocycles. The molecule has 1 aliphatic heterocycles. The number of fused-ring (bicyclic) bond motifs is 2. The molecule has 2 aromatic carbocycles. The Labute approximate surface area is 177 Å². The molecule has 0 saturated heterocycles. The zero-order chi connectivity index (χ0) is 20.8. The van der Waals surface area contributed by atoms with Gasteiger partial charge in [-0.1, -0.05) is 12.1 Å². The van der Waals surface area contributed by atoms with Crippen molar-refractivity contribution < 1.29 is 0 Å². The number of nitriles is 1. The molecule has 152 valence electrons. The van der Waals surface area contributed by atoms with Gasteiger partial charge in [-0.25, -0.2) is 0 Å². The summed E-state index contributed by atoms with van der Waals surface area (Å²) in [4.78, 5) is 2.60. The van der Waals surface area contributed by atoms with E-state index in [0.29, 0.717) is 6.04 Å². The second-order valence-corrected chi connectivity index (χ2v) is 8.69. The van der Waals surface area contributed by atoms with Crippen LogP contribution in [0.2, 0.25) is 0 Å². The van der Waals surface area contributed by atoms with Crippen molar-refractivity contribution in [2.45, 2.75) is 58.5 Å². The molecular weight excluding hydrogens is 370 g/mol. The molecule has 0 spiro atoms. The van der Waals surface area contributed by atoms with Gasteiger partial charge in [0.15, 0.2) is 5.82 Å². The average molecular weight is 398 g/mol. The maximum Gasteiger partial charge on any atom is 0.157 e. The first-order valence-corrected chi connectivity index (χ1v) is 10.9. The van der Waals surface area contributed by atoms with E-state index in [1.165, 1.54) is 35.9 Å². The van der Waals surface area contributed by atoms with Crippen molar-refractivity contribution in [3.05, 3.63) is 58.3 Å². The molecule has 30 heavy (non-hydrogen) atoms. The van der Waals surface area contributed by atoms with Gasteiger partial charge in [-0.3, -0.25) is 0 Å². The maximum absolute atomic E-state index is 9.37. The van der Waals surface area contributed by atoms with Crippen LogP contribution in [0, 0.1) is 25.2 Å². The van der Waals surface area contributed by atoms with Crippen LogP contribution in [0.1, 0.15) is 60.2 Å². The highest BCUT2D eigenvalue weighted by Gasteiger charge is 2.30. The molecule has 5 nitrogen and oxygen atoms in total. The Morgan fingerprint density at radius 3 is 2.73 bits per heavy atom. The third-order valence-corrected chi connectivity index (χ3v) is 6.93. The van der Waals surface area contributed by atoms with E-state index in [1.807, 2.05) is 26.0 Å². The molecule has 1 N–H and O–H groups in total. The van der Waals surface area contributed by atoms with Gasteiger partial charge in [0.25, 0.3) is 0 Å². The summed E-state index contributed by atoms with van der Waals surface area (Å²) in [5.74, 6) is 0.813. The van der Waals surface area contributed by atoms with Crippen LogP contribution < -0.4 is 10.2 Å². The van der Waals surface area contributed by atoms with Crippen molar-refractivity contribution in [3.8, 4) is 6.07 Å². The van der Waals surface area contributed by atoms with Crippen molar-refractivity contribution in [1.29, 1.82) is 5.26 Å². The lowest BCUT2D eigenvalue weighted by Crippen LogP contribution is -2.38. The number of hydrogen-bond acceptors (Lipinski definition) is 5. The molecule has 3 aromatic rings. The molecule has 0 bridgehead atoms. The van der Waals surface area contributed by atoms with Crippen molar-refractivity contribution in [2.24, 2.45) is 0 Å². The second-order valence-electron chi connectivity index (χ2n) is 8.69. The molecule has 2 aliphatic rings. The van der Waals surface area contributed by atoms with Crippen LogP contribution in [0.25, 0.3) is 10.8 Å². The van der Waals surface area contributed by atoms with Crippen molar-refractivity contribution in [1.82, 2.24) is 10.2 Å². The van der Waals surface area contributed by atoms with Crippen LogP contribution >= 0.6 is 0 Å². The molecule has 0 unspecified atom stereocenters. The summed E-state index contributed by atoms with van der Waals surface area (Å²) in [7, 11) is 0. The number of aromatic nitrogens is 2. The van der Waals surface area contributed by atoms with E-state index < -0.39 is 0 Å². The van der Waals surface area contributed by atoms with E-state index in [1.54, 1.807) is 0 Å². The lowest BCUT2D eigenvalue weighted by atomic mass is 9.91. The summed E-state index contributed by atoms with van der Waals surface area (Å²) in [5, 5.41) is 24.2. The Balaban J connectivity index is 1.55. The van der Waals surface area contributed by atoms with E-state index >= 15 is 0 Å². The van der Waals surface area contributed by atoms with E-state index in [9.17, 15) is 5.26 Å². The summed E-state index contributed by atoms with van der Waals surface area (Å²) in [6, 6.07) is 13.5. The van der Waals surface area contributed by atoms with Crippen LogP contribution in [0.3, 0.4) is 0 Å². The smallest absolute Gasteiger partial charge is 0.157 e. The van der Waals surface area contributed by atoms with E-state index in [-0.39, 0.29) is 6.04 Å². The topological polar surface area (TPSA) is 64.8 Å². The van der Waals surface area contributed by atoms with Gasteiger partial charge in [-0.15, -0.1) is 5.10 Å². The predicted molar refractivity (Wildman–Crippen MR) is 121 cm³/mol. The number of hydrogen-bond donors (Lipinski definition) is 1. The zero-order valence-corrected chi connectivity index (χ0v) is 17.9. The number of nitrogens with zero attached hydrogens (tertiary/aromatic N) is 4. The minimum Gasteiger partial charge on any atom is -0.368 e. The highest BCUT2D eigenvalue weighted by atomic mass is 15.2. The zero-order valence-electron chi connectivity index (χ0n) is 17.9. The molecule has 2 heterocycles. The fourth-order valence-corrected chi connectivity index (χ4v) is 4.90. The number of aryl methyl sites for hydroxylation is 1. The molecule has 1 atom stereocenters. The fraction of sp³-hybridized carbons (Fsp3) is 0.400. The summed E-state index contributed by atoms with van der Waals surface area (Å²) >= 11 is 0. The monoisotopic (exact) mass is 397 g/mol. The Bertz CT molecular complexity index is 1170. The lowest BCUT2D eigenvalue weighted by Gasteiger charge is -2.36. The molecule has 0 radical (unpaired) electrons. The van der Waals surface area contributed by atoms with Gasteiger partial charge in [-0.2, -0.15) is 10.4 Å². The van der Waals surface area contributed by atoms with Crippen LogP contribution in [-0.4, -0.2) is 22.8 Å². The molecule has 1 saturated carbocycles.